The quantitative estimate of drug-likeness (QED) is 0.435. The largest absolute Gasteiger partial charge is 0.353 e. The van der Waals surface area contributed by atoms with E-state index in [2.05, 4.69) is 25.2 Å². The molecule has 4 aromatic rings. The molecule has 0 spiro atoms. The minimum absolute atomic E-state index is 0.204. The van der Waals surface area contributed by atoms with E-state index in [0.29, 0.717) is 18.4 Å². The number of rotatable bonds is 6. The Kier molecular flexibility index (Phi) is 6.37. The standard InChI is InChI=1S/C27H28N6O2/c1-18-23-16-29-20(8-9-21-15-31-25(17-30-21)32-12-10-28-11-13-32)14-24(23)33(22-6-4-3-5-7-22)27(35)26(18)19(2)34/h3-7,14-17,28H,8-13H2,1-2H3. The van der Waals surface area contributed by atoms with Gasteiger partial charge in [0.15, 0.2) is 5.78 Å². The van der Waals surface area contributed by atoms with Crippen molar-refractivity contribution in [2.75, 3.05) is 31.1 Å². The molecular formula is C27H28N6O2. The number of piperazine rings is 1. The van der Waals surface area contributed by atoms with Gasteiger partial charge in [0.05, 0.1) is 29.2 Å². The molecule has 0 bridgehead atoms. The van der Waals surface area contributed by atoms with Crippen LogP contribution in [0.1, 0.15) is 34.2 Å². The molecule has 1 fully saturated rings. The lowest BCUT2D eigenvalue weighted by atomic mass is 10.0. The topological polar surface area (TPSA) is 93.0 Å². The molecule has 1 N–H and O–H groups in total. The van der Waals surface area contributed by atoms with E-state index in [0.717, 1.165) is 60.0 Å². The molecule has 1 aliphatic heterocycles. The van der Waals surface area contributed by atoms with E-state index < -0.39 is 0 Å². The Hall–Kier alpha value is -3.91. The molecule has 0 amide bonds. The molecule has 178 valence electrons. The van der Waals surface area contributed by atoms with Crippen molar-refractivity contribution in [3.05, 3.63) is 87.9 Å². The molecule has 0 saturated carbocycles. The van der Waals surface area contributed by atoms with Gasteiger partial charge < -0.3 is 10.2 Å². The summed E-state index contributed by atoms with van der Waals surface area (Å²) in [6, 6.07) is 11.4. The van der Waals surface area contributed by atoms with E-state index in [-0.39, 0.29) is 16.9 Å². The van der Waals surface area contributed by atoms with Gasteiger partial charge in [-0.25, -0.2) is 4.98 Å². The van der Waals surface area contributed by atoms with Crippen LogP contribution in [0.3, 0.4) is 0 Å². The Morgan fingerprint density at radius 1 is 0.971 bits per heavy atom. The number of hydrogen-bond donors (Lipinski definition) is 1. The second-order valence-corrected chi connectivity index (χ2v) is 8.83. The molecule has 0 aliphatic carbocycles. The SMILES string of the molecule is CC(=O)c1c(C)c2cnc(CCc3cnc(N4CCNCC4)cn3)cc2n(-c2ccccc2)c1=O. The molecule has 4 heterocycles. The predicted molar refractivity (Wildman–Crippen MR) is 137 cm³/mol. The molecule has 3 aromatic heterocycles. The summed E-state index contributed by atoms with van der Waals surface area (Å²) in [5.74, 6) is 0.661. The van der Waals surface area contributed by atoms with Gasteiger partial charge in [0.1, 0.15) is 5.82 Å². The van der Waals surface area contributed by atoms with Crippen molar-refractivity contribution in [1.29, 1.82) is 0 Å². The van der Waals surface area contributed by atoms with Crippen LogP contribution in [0.5, 0.6) is 0 Å². The maximum absolute atomic E-state index is 13.4. The molecule has 35 heavy (non-hydrogen) atoms. The van der Waals surface area contributed by atoms with E-state index in [1.165, 1.54) is 6.92 Å². The van der Waals surface area contributed by atoms with Crippen molar-refractivity contribution >= 4 is 22.5 Å². The Bertz CT molecular complexity index is 1420. The van der Waals surface area contributed by atoms with Crippen LogP contribution in [0.25, 0.3) is 16.6 Å². The third-order valence-electron chi connectivity index (χ3n) is 6.51. The molecule has 8 nitrogen and oxygen atoms in total. The Morgan fingerprint density at radius 2 is 1.69 bits per heavy atom. The maximum atomic E-state index is 13.4. The number of hydrogen-bond acceptors (Lipinski definition) is 7. The first kappa shape index (κ1) is 22.9. The summed E-state index contributed by atoms with van der Waals surface area (Å²) in [4.78, 5) is 41.8. The van der Waals surface area contributed by atoms with Crippen molar-refractivity contribution in [1.82, 2.24) is 24.8 Å². The second kappa shape index (κ2) is 9.76. The molecule has 0 radical (unpaired) electrons. The average Bonchev–Trinajstić information content (AvgIpc) is 2.89. The van der Waals surface area contributed by atoms with Gasteiger partial charge in [-0.3, -0.25) is 24.1 Å². The molecule has 1 aromatic carbocycles. The first-order valence-electron chi connectivity index (χ1n) is 11.9. The van der Waals surface area contributed by atoms with Crippen LogP contribution in [-0.4, -0.2) is 51.5 Å². The van der Waals surface area contributed by atoms with E-state index in [1.54, 1.807) is 10.8 Å². The summed E-state index contributed by atoms with van der Waals surface area (Å²) in [6.07, 6.45) is 6.79. The second-order valence-electron chi connectivity index (χ2n) is 8.83. The van der Waals surface area contributed by atoms with Gasteiger partial charge in [-0.15, -0.1) is 0 Å². The first-order valence-corrected chi connectivity index (χ1v) is 11.9. The first-order chi connectivity index (χ1) is 17.0. The third-order valence-corrected chi connectivity index (χ3v) is 6.51. The number of aromatic nitrogens is 4. The number of pyridine rings is 2. The number of benzene rings is 1. The zero-order valence-electron chi connectivity index (χ0n) is 20.0. The fourth-order valence-electron chi connectivity index (χ4n) is 4.65. The maximum Gasteiger partial charge on any atom is 0.266 e. The number of carbonyl (C=O) groups is 1. The van der Waals surface area contributed by atoms with Crippen molar-refractivity contribution in [2.45, 2.75) is 26.7 Å². The minimum Gasteiger partial charge on any atom is -0.353 e. The van der Waals surface area contributed by atoms with Crippen LogP contribution in [-0.2, 0) is 12.8 Å². The van der Waals surface area contributed by atoms with Crippen molar-refractivity contribution in [3.63, 3.8) is 0 Å². The highest BCUT2D eigenvalue weighted by atomic mass is 16.1. The number of nitrogens with one attached hydrogen (secondary N) is 1. The molecule has 5 rings (SSSR count). The van der Waals surface area contributed by atoms with Crippen molar-refractivity contribution in [2.24, 2.45) is 0 Å². The Morgan fingerprint density at radius 3 is 2.37 bits per heavy atom. The number of Topliss-reactive ketones (excluding diaryl/α,β-unsaturated/α-hetero) is 1. The molecule has 0 unspecified atom stereocenters. The molecular weight excluding hydrogens is 440 g/mol. The number of nitrogens with zero attached hydrogens (tertiary/aromatic N) is 5. The van der Waals surface area contributed by atoms with Gasteiger partial charge in [-0.2, -0.15) is 0 Å². The summed E-state index contributed by atoms with van der Waals surface area (Å²) in [7, 11) is 0. The van der Waals surface area contributed by atoms with E-state index in [9.17, 15) is 9.59 Å². The summed E-state index contributed by atoms with van der Waals surface area (Å²) >= 11 is 0. The highest BCUT2D eigenvalue weighted by Gasteiger charge is 2.19. The fourth-order valence-corrected chi connectivity index (χ4v) is 4.65. The number of ketones is 1. The van der Waals surface area contributed by atoms with Gasteiger partial charge in [-0.05, 0) is 50.5 Å². The number of aryl methyl sites for hydroxylation is 3. The van der Waals surface area contributed by atoms with Crippen LogP contribution in [0.2, 0.25) is 0 Å². The smallest absolute Gasteiger partial charge is 0.266 e. The van der Waals surface area contributed by atoms with Crippen LogP contribution >= 0.6 is 0 Å². The number of para-hydroxylation sites is 1. The van der Waals surface area contributed by atoms with Crippen molar-refractivity contribution < 1.29 is 4.79 Å². The zero-order valence-corrected chi connectivity index (χ0v) is 20.0. The fraction of sp³-hybridized carbons (Fsp3) is 0.296. The molecule has 1 aliphatic rings. The Balaban J connectivity index is 1.46. The van der Waals surface area contributed by atoms with Gasteiger partial charge >= 0.3 is 0 Å². The number of carbonyl (C=O) groups excluding carboxylic acids is 1. The zero-order chi connectivity index (χ0) is 24.4. The van der Waals surface area contributed by atoms with Crippen LogP contribution < -0.4 is 15.8 Å². The van der Waals surface area contributed by atoms with Crippen LogP contribution in [0, 0.1) is 6.92 Å². The Labute approximate surface area is 203 Å². The summed E-state index contributed by atoms with van der Waals surface area (Å²) in [6.45, 7) is 7.02. The summed E-state index contributed by atoms with van der Waals surface area (Å²) in [5, 5.41) is 4.14. The number of anilines is 1. The van der Waals surface area contributed by atoms with Crippen LogP contribution in [0.4, 0.5) is 5.82 Å². The molecule has 0 atom stereocenters. The van der Waals surface area contributed by atoms with Gasteiger partial charge in [-0.1, -0.05) is 18.2 Å². The molecule has 8 heteroatoms. The minimum atomic E-state index is -0.305. The highest BCUT2D eigenvalue weighted by Crippen LogP contribution is 2.23. The van der Waals surface area contributed by atoms with E-state index in [4.69, 9.17) is 0 Å². The normalized spacial score (nSPS) is 13.8. The number of fused-ring (bicyclic) bond motifs is 1. The average molecular weight is 469 g/mol. The third kappa shape index (κ3) is 4.57. The van der Waals surface area contributed by atoms with Crippen LogP contribution in [0.15, 0.2) is 59.8 Å². The van der Waals surface area contributed by atoms with Crippen molar-refractivity contribution in [3.8, 4) is 5.69 Å². The van der Waals surface area contributed by atoms with E-state index in [1.807, 2.05) is 55.7 Å². The summed E-state index contributed by atoms with van der Waals surface area (Å²) in [5.41, 5.74) is 3.78. The predicted octanol–water partition coefficient (Wildman–Crippen LogP) is 2.88. The lowest BCUT2D eigenvalue weighted by Gasteiger charge is -2.28. The summed E-state index contributed by atoms with van der Waals surface area (Å²) < 4.78 is 1.62. The van der Waals surface area contributed by atoms with E-state index >= 15 is 0 Å². The lowest BCUT2D eigenvalue weighted by Crippen LogP contribution is -2.43. The molecule has 1 saturated heterocycles. The van der Waals surface area contributed by atoms with Gasteiger partial charge in [0, 0.05) is 49.1 Å². The lowest BCUT2D eigenvalue weighted by molar-refractivity contribution is 0.101. The monoisotopic (exact) mass is 468 g/mol. The highest BCUT2D eigenvalue weighted by molar-refractivity contribution is 6.00. The van der Waals surface area contributed by atoms with Gasteiger partial charge in [0.25, 0.3) is 5.56 Å². The van der Waals surface area contributed by atoms with Gasteiger partial charge in [0.2, 0.25) is 0 Å².